The summed E-state index contributed by atoms with van der Waals surface area (Å²) in [6.45, 7) is 0. The van der Waals surface area contributed by atoms with Gasteiger partial charge in [-0.3, -0.25) is 0 Å². The standard InChI is InChI=1S/Ba.H2O.2O.V.2H/h;1H2;;;;;/q+2;;;;+1;2*-1/p-1. The molecular formula is H3BaO3V. The molecule has 0 aliphatic carbocycles. The maximum absolute atomic E-state index is 8.67. The minimum absolute atomic E-state index is 0. The monoisotopic (exact) mass is 240 g/mol. The van der Waals surface area contributed by atoms with Gasteiger partial charge in [0.1, 0.15) is 0 Å². The van der Waals surface area contributed by atoms with Gasteiger partial charge >= 0.3 is 75.7 Å². The van der Waals surface area contributed by atoms with Crippen LogP contribution in [0.4, 0.5) is 0 Å². The van der Waals surface area contributed by atoms with Crippen molar-refractivity contribution in [3.63, 3.8) is 0 Å². The van der Waals surface area contributed by atoms with Crippen molar-refractivity contribution in [3.05, 3.63) is 0 Å². The van der Waals surface area contributed by atoms with Crippen LogP contribution in [0.1, 0.15) is 2.85 Å². The van der Waals surface area contributed by atoms with Gasteiger partial charge in [-0.1, -0.05) is 0 Å². The van der Waals surface area contributed by atoms with Crippen molar-refractivity contribution < 1.29 is 29.6 Å². The molecule has 0 aliphatic heterocycles. The van der Waals surface area contributed by atoms with Crippen LogP contribution in [0.15, 0.2) is 0 Å². The van der Waals surface area contributed by atoms with E-state index >= 15 is 0 Å². The van der Waals surface area contributed by atoms with Crippen LogP contribution in [0.5, 0.6) is 0 Å². The van der Waals surface area contributed by atoms with E-state index in [0.717, 1.165) is 0 Å². The molecule has 0 amide bonds. The van der Waals surface area contributed by atoms with Crippen molar-refractivity contribution in [2.45, 2.75) is 0 Å². The van der Waals surface area contributed by atoms with Crippen LogP contribution in [0.2, 0.25) is 0 Å². The van der Waals surface area contributed by atoms with E-state index in [2.05, 4.69) is 0 Å². The molecule has 28 valence electrons. The molecule has 0 bridgehead atoms. The van der Waals surface area contributed by atoms with Crippen molar-refractivity contribution in [1.82, 2.24) is 0 Å². The third-order valence-electron chi connectivity index (χ3n) is 0. The molecule has 0 heterocycles. The summed E-state index contributed by atoms with van der Waals surface area (Å²) in [5.74, 6) is 0. The summed E-state index contributed by atoms with van der Waals surface area (Å²) < 4.78 is 24.4. The summed E-state index contributed by atoms with van der Waals surface area (Å²) in [5.41, 5.74) is 0. The average Bonchev–Trinajstić information content (AvgIpc) is 0.811. The molecular weight excluding hydrogens is 236 g/mol. The van der Waals surface area contributed by atoms with Gasteiger partial charge in [0.2, 0.25) is 0 Å². The van der Waals surface area contributed by atoms with Crippen LogP contribution in [-0.2, 0) is 22.7 Å². The molecule has 3 nitrogen and oxygen atoms in total. The zero-order valence-corrected chi connectivity index (χ0v) is 8.26. The van der Waals surface area contributed by atoms with E-state index in [1.54, 1.807) is 0 Å². The van der Waals surface area contributed by atoms with Crippen LogP contribution in [0.25, 0.3) is 0 Å². The molecule has 0 atom stereocenters. The normalized spacial score (nSPS) is 5.00. The first-order chi connectivity index (χ1) is 1.73. The van der Waals surface area contributed by atoms with Crippen molar-refractivity contribution >= 4 is 48.9 Å². The Kier molecular flexibility index (Phi) is 11.3. The third kappa shape index (κ3) is 26.8. The molecule has 5 heteroatoms. The van der Waals surface area contributed by atoms with Crippen LogP contribution in [0.3, 0.4) is 0 Å². The second-order valence-corrected chi connectivity index (χ2v) is 0.981. The first-order valence-corrected chi connectivity index (χ1v) is 2.33. The molecule has 0 radical (unpaired) electrons. The van der Waals surface area contributed by atoms with Gasteiger partial charge in [-0.25, -0.2) is 0 Å². The zero-order valence-electron chi connectivity index (χ0n) is 4.42. The Morgan fingerprint density at radius 2 is 1.60 bits per heavy atom. The topological polar surface area (TPSA) is 54.4 Å². The van der Waals surface area contributed by atoms with Crippen LogP contribution >= 0.6 is 0 Å². The Hall–Kier alpha value is 1.72. The minimum atomic E-state index is -3.69. The van der Waals surface area contributed by atoms with Gasteiger partial charge in [-0.2, -0.15) is 0 Å². The molecule has 0 saturated heterocycles. The first kappa shape index (κ1) is 9.87. The molecule has 0 saturated carbocycles. The summed E-state index contributed by atoms with van der Waals surface area (Å²) >= 11 is -3.69. The average molecular weight is 239 g/mol. The molecule has 0 unspecified atom stereocenters. The molecule has 0 aliphatic rings. The van der Waals surface area contributed by atoms with Crippen molar-refractivity contribution in [2.24, 2.45) is 0 Å². The van der Waals surface area contributed by atoms with Crippen molar-refractivity contribution in [1.29, 1.82) is 0 Å². The Balaban J connectivity index is -0.0000000150. The number of hydrogen-bond acceptors (Lipinski definition) is 2. The molecule has 5 heavy (non-hydrogen) atoms. The van der Waals surface area contributed by atoms with Crippen molar-refractivity contribution in [2.75, 3.05) is 0 Å². The van der Waals surface area contributed by atoms with Gasteiger partial charge in [0.05, 0.1) is 0 Å². The SMILES string of the molecule is [Ba+2].[H-].[H-].[O]=[V](=[O])[OH]. The van der Waals surface area contributed by atoms with E-state index in [-0.39, 0.29) is 51.7 Å². The van der Waals surface area contributed by atoms with Crippen LogP contribution in [-0.4, -0.2) is 52.9 Å². The van der Waals surface area contributed by atoms with E-state index in [4.69, 9.17) is 11.4 Å². The Morgan fingerprint density at radius 1 is 1.60 bits per heavy atom. The van der Waals surface area contributed by atoms with Gasteiger partial charge in [0.15, 0.2) is 0 Å². The fourth-order valence-electron chi connectivity index (χ4n) is 0. The van der Waals surface area contributed by atoms with Gasteiger partial charge in [-0.15, -0.1) is 0 Å². The first-order valence-electron chi connectivity index (χ1n) is 0.565. The summed E-state index contributed by atoms with van der Waals surface area (Å²) in [6, 6.07) is 0. The molecule has 0 aromatic carbocycles. The number of rotatable bonds is 0. The van der Waals surface area contributed by atoms with Crippen molar-refractivity contribution in [3.8, 4) is 0 Å². The molecule has 0 aromatic rings. The summed E-state index contributed by atoms with van der Waals surface area (Å²) in [4.78, 5) is 0. The zero-order chi connectivity index (χ0) is 3.58. The molecule has 0 aromatic heterocycles. The summed E-state index contributed by atoms with van der Waals surface area (Å²) in [6.07, 6.45) is 0. The Labute approximate surface area is 77.2 Å². The van der Waals surface area contributed by atoms with E-state index in [1.165, 1.54) is 0 Å². The number of hydrogen-bond donors (Lipinski definition) is 1. The van der Waals surface area contributed by atoms with E-state index in [9.17, 15) is 0 Å². The quantitative estimate of drug-likeness (QED) is 0.554. The van der Waals surface area contributed by atoms with Crippen LogP contribution in [0, 0.1) is 0 Å². The van der Waals surface area contributed by atoms with Crippen LogP contribution < -0.4 is 0 Å². The molecule has 1 N–H and O–H groups in total. The fourth-order valence-corrected chi connectivity index (χ4v) is 0. The Morgan fingerprint density at radius 3 is 1.60 bits per heavy atom. The summed E-state index contributed by atoms with van der Waals surface area (Å²) in [7, 11) is 0. The predicted molar refractivity (Wildman–Crippen MR) is 11.6 cm³/mol. The molecule has 0 rings (SSSR count). The molecule has 0 spiro atoms. The maximum atomic E-state index is 8.67. The second-order valence-electron chi connectivity index (χ2n) is 0.238. The molecule has 0 fully saturated rings. The van der Waals surface area contributed by atoms with Gasteiger partial charge < -0.3 is 2.85 Å². The van der Waals surface area contributed by atoms with E-state index < -0.39 is 15.4 Å². The van der Waals surface area contributed by atoms with Gasteiger partial charge in [0.25, 0.3) is 0 Å². The van der Waals surface area contributed by atoms with E-state index in [1.807, 2.05) is 0 Å². The Bertz CT molecular complexity index is 61.3. The second kappa shape index (κ2) is 5.72. The van der Waals surface area contributed by atoms with Gasteiger partial charge in [0, 0.05) is 0 Å². The fraction of sp³-hybridized carbons (Fsp3) is 0. The third-order valence-corrected chi connectivity index (χ3v) is 0. The summed E-state index contributed by atoms with van der Waals surface area (Å²) in [5, 5.41) is 0. The predicted octanol–water partition coefficient (Wildman–Crippen LogP) is -0.953. The van der Waals surface area contributed by atoms with E-state index in [0.29, 0.717) is 0 Å². The van der Waals surface area contributed by atoms with Gasteiger partial charge in [-0.05, 0) is 0 Å².